The van der Waals surface area contributed by atoms with Crippen molar-refractivity contribution in [3.8, 4) is 11.3 Å². The van der Waals surface area contributed by atoms with Crippen LogP contribution >= 0.6 is 39.0 Å². The average Bonchev–Trinajstić information content (AvgIpc) is 3.13. The van der Waals surface area contributed by atoms with Gasteiger partial charge in [-0.1, -0.05) is 39.8 Å². The van der Waals surface area contributed by atoms with Gasteiger partial charge in [-0.2, -0.15) is 13.2 Å². The largest absolute Gasteiger partial charge is 0.462 e. The molecule has 2 heterocycles. The summed E-state index contributed by atoms with van der Waals surface area (Å²) >= 11 is 4.91. The SMILES string of the molecule is CCOC(=O)c1c(NC(=O)CSc2nc(-c3ccc(Br)cc3)cc(C(F)(F)F)n2)sc(C(C)=O)c1C. The van der Waals surface area contributed by atoms with Crippen molar-refractivity contribution in [2.45, 2.75) is 32.1 Å². The van der Waals surface area contributed by atoms with Crippen LogP contribution in [0.25, 0.3) is 11.3 Å². The predicted molar refractivity (Wildman–Crippen MR) is 135 cm³/mol. The Balaban J connectivity index is 1.84. The molecule has 3 rings (SSSR count). The fourth-order valence-corrected chi connectivity index (χ4v) is 5.11. The van der Waals surface area contributed by atoms with E-state index in [9.17, 15) is 27.6 Å². The van der Waals surface area contributed by atoms with Crippen LogP contribution in [0.15, 0.2) is 40.0 Å². The molecule has 0 radical (unpaired) electrons. The smallest absolute Gasteiger partial charge is 0.433 e. The Morgan fingerprint density at radius 2 is 1.83 bits per heavy atom. The molecule has 0 aliphatic carbocycles. The number of thiophene rings is 1. The summed E-state index contributed by atoms with van der Waals surface area (Å²) in [5.74, 6) is -1.93. The zero-order chi connectivity index (χ0) is 26.6. The summed E-state index contributed by atoms with van der Waals surface area (Å²) in [4.78, 5) is 45.0. The summed E-state index contributed by atoms with van der Waals surface area (Å²) in [6.45, 7) is 4.63. The number of thioether (sulfide) groups is 1. The predicted octanol–water partition coefficient (Wildman–Crippen LogP) is 6.40. The van der Waals surface area contributed by atoms with E-state index in [-0.39, 0.29) is 39.6 Å². The van der Waals surface area contributed by atoms with Gasteiger partial charge in [0.15, 0.2) is 10.9 Å². The number of ether oxygens (including phenoxy) is 1. The van der Waals surface area contributed by atoms with Gasteiger partial charge in [-0.15, -0.1) is 11.3 Å². The minimum atomic E-state index is -4.71. The number of halogens is 4. The third kappa shape index (κ3) is 6.71. The van der Waals surface area contributed by atoms with E-state index in [1.165, 1.54) is 6.92 Å². The van der Waals surface area contributed by atoms with Gasteiger partial charge in [0.25, 0.3) is 0 Å². The molecular formula is C23H19BrF3N3O4S2. The Labute approximate surface area is 221 Å². The minimum absolute atomic E-state index is 0.0531. The van der Waals surface area contributed by atoms with Crippen molar-refractivity contribution in [2.75, 3.05) is 17.7 Å². The van der Waals surface area contributed by atoms with Crippen LogP contribution in [0.5, 0.6) is 0 Å². The van der Waals surface area contributed by atoms with Gasteiger partial charge in [-0.05, 0) is 44.5 Å². The molecule has 2 aromatic heterocycles. The van der Waals surface area contributed by atoms with E-state index in [4.69, 9.17) is 4.74 Å². The second kappa shape index (κ2) is 11.5. The molecule has 0 saturated carbocycles. The third-order valence-electron chi connectivity index (χ3n) is 4.67. The van der Waals surface area contributed by atoms with E-state index in [2.05, 4.69) is 31.2 Å². The van der Waals surface area contributed by atoms with Crippen molar-refractivity contribution in [1.82, 2.24) is 9.97 Å². The van der Waals surface area contributed by atoms with E-state index >= 15 is 0 Å². The third-order valence-corrected chi connectivity index (χ3v) is 7.35. The molecule has 1 amide bonds. The van der Waals surface area contributed by atoms with E-state index in [0.717, 1.165) is 21.9 Å². The number of carbonyl (C=O) groups is 3. The van der Waals surface area contributed by atoms with Crippen LogP contribution in [0, 0.1) is 6.92 Å². The van der Waals surface area contributed by atoms with Crippen molar-refractivity contribution in [2.24, 2.45) is 0 Å². The number of anilines is 1. The molecule has 0 spiro atoms. The maximum absolute atomic E-state index is 13.4. The Morgan fingerprint density at radius 3 is 2.42 bits per heavy atom. The van der Waals surface area contributed by atoms with Crippen LogP contribution < -0.4 is 5.32 Å². The quantitative estimate of drug-likeness (QED) is 0.138. The lowest BCUT2D eigenvalue weighted by atomic mass is 10.1. The monoisotopic (exact) mass is 601 g/mol. The molecule has 1 aromatic carbocycles. The first-order valence-corrected chi connectivity index (χ1v) is 13.0. The Kier molecular flexibility index (Phi) is 8.90. The first-order valence-electron chi connectivity index (χ1n) is 10.4. The highest BCUT2D eigenvalue weighted by Gasteiger charge is 2.34. The Morgan fingerprint density at radius 1 is 1.17 bits per heavy atom. The summed E-state index contributed by atoms with van der Waals surface area (Å²) in [7, 11) is 0. The van der Waals surface area contributed by atoms with Crippen molar-refractivity contribution in [1.29, 1.82) is 0 Å². The van der Waals surface area contributed by atoms with Crippen molar-refractivity contribution >= 4 is 61.7 Å². The molecule has 0 unspecified atom stereocenters. The average molecular weight is 602 g/mol. The van der Waals surface area contributed by atoms with Gasteiger partial charge < -0.3 is 10.1 Å². The first-order chi connectivity index (χ1) is 16.9. The number of hydrogen-bond donors (Lipinski definition) is 1. The van der Waals surface area contributed by atoms with Crippen molar-refractivity contribution in [3.63, 3.8) is 0 Å². The number of esters is 1. The molecule has 0 aliphatic rings. The lowest BCUT2D eigenvalue weighted by Gasteiger charge is -2.11. The number of hydrogen-bond acceptors (Lipinski definition) is 8. The molecule has 3 aromatic rings. The van der Waals surface area contributed by atoms with Gasteiger partial charge >= 0.3 is 12.1 Å². The number of alkyl halides is 3. The van der Waals surface area contributed by atoms with Crippen LogP contribution in [0.1, 0.15) is 45.1 Å². The molecule has 13 heteroatoms. The zero-order valence-corrected chi connectivity index (χ0v) is 22.4. The van der Waals surface area contributed by atoms with Crippen LogP contribution in [0.3, 0.4) is 0 Å². The van der Waals surface area contributed by atoms with Gasteiger partial charge in [0.2, 0.25) is 5.91 Å². The first kappa shape index (κ1) is 27.8. The molecule has 1 N–H and O–H groups in total. The number of benzene rings is 1. The standard InChI is InChI=1S/C23H19BrF3N3O4S2/c1-4-34-21(33)18-11(2)19(12(3)31)36-20(18)30-17(32)10-35-22-28-15(9-16(29-22)23(25,26)27)13-5-7-14(24)8-6-13/h5-9H,4,10H2,1-3H3,(H,30,32). The summed E-state index contributed by atoms with van der Waals surface area (Å²) in [5, 5.41) is 2.44. The van der Waals surface area contributed by atoms with Gasteiger partial charge in [-0.25, -0.2) is 14.8 Å². The number of ketones is 1. The van der Waals surface area contributed by atoms with E-state index in [1.54, 1.807) is 38.1 Å². The Bertz CT molecular complexity index is 1310. The molecule has 0 aliphatic heterocycles. The van der Waals surface area contributed by atoms with Crippen molar-refractivity contribution < 1.29 is 32.3 Å². The van der Waals surface area contributed by atoms with Gasteiger partial charge in [0.1, 0.15) is 10.7 Å². The number of Topliss-reactive ketones (excluding diaryl/α,β-unsaturated/α-hetero) is 1. The minimum Gasteiger partial charge on any atom is -0.462 e. The molecule has 0 atom stereocenters. The summed E-state index contributed by atoms with van der Waals surface area (Å²) in [5.41, 5.74) is -0.185. The van der Waals surface area contributed by atoms with E-state index < -0.39 is 23.7 Å². The topological polar surface area (TPSA) is 98.2 Å². The maximum Gasteiger partial charge on any atom is 0.433 e. The Hall–Kier alpha value is -2.77. The number of aromatic nitrogens is 2. The van der Waals surface area contributed by atoms with Crippen LogP contribution in [0.4, 0.5) is 18.2 Å². The summed E-state index contributed by atoms with van der Waals surface area (Å²) < 4.78 is 46.1. The lowest BCUT2D eigenvalue weighted by Crippen LogP contribution is -2.17. The summed E-state index contributed by atoms with van der Waals surface area (Å²) in [6.07, 6.45) is -4.71. The van der Waals surface area contributed by atoms with Crippen LogP contribution in [-0.4, -0.2) is 40.0 Å². The fourth-order valence-electron chi connectivity index (χ4n) is 3.08. The van der Waals surface area contributed by atoms with Gasteiger partial charge in [0.05, 0.1) is 28.5 Å². The maximum atomic E-state index is 13.4. The van der Waals surface area contributed by atoms with Gasteiger partial charge in [-0.3, -0.25) is 9.59 Å². The number of nitrogens with one attached hydrogen (secondary N) is 1. The van der Waals surface area contributed by atoms with Crippen molar-refractivity contribution in [3.05, 3.63) is 56.5 Å². The second-order valence-corrected chi connectivity index (χ2v) is 10.2. The normalized spacial score (nSPS) is 11.3. The summed E-state index contributed by atoms with van der Waals surface area (Å²) in [6, 6.07) is 7.40. The lowest BCUT2D eigenvalue weighted by molar-refractivity contribution is -0.141. The fraction of sp³-hybridized carbons (Fsp3) is 0.261. The zero-order valence-electron chi connectivity index (χ0n) is 19.2. The highest BCUT2D eigenvalue weighted by Crippen LogP contribution is 2.35. The molecular weight excluding hydrogens is 583 g/mol. The van der Waals surface area contributed by atoms with Crippen LogP contribution in [0.2, 0.25) is 0 Å². The number of carbonyl (C=O) groups excluding carboxylic acids is 3. The molecule has 7 nitrogen and oxygen atoms in total. The molecule has 36 heavy (non-hydrogen) atoms. The number of amides is 1. The molecule has 0 saturated heterocycles. The van der Waals surface area contributed by atoms with Gasteiger partial charge in [0, 0.05) is 10.0 Å². The second-order valence-electron chi connectivity index (χ2n) is 7.30. The highest BCUT2D eigenvalue weighted by atomic mass is 79.9. The molecule has 0 bridgehead atoms. The highest BCUT2D eigenvalue weighted by molar-refractivity contribution is 9.10. The van der Waals surface area contributed by atoms with Crippen LogP contribution in [-0.2, 0) is 15.7 Å². The molecule has 190 valence electrons. The van der Waals surface area contributed by atoms with E-state index in [0.29, 0.717) is 27.8 Å². The molecule has 0 fully saturated rings. The number of nitrogens with zero attached hydrogens (tertiary/aromatic N) is 2. The number of rotatable bonds is 8. The van der Waals surface area contributed by atoms with E-state index in [1.807, 2.05) is 0 Å².